The smallest absolute Gasteiger partial charge is 0.152 e. The molecule has 2 bridgehead atoms. The minimum Gasteiger partial charge on any atom is -0.493 e. The fourth-order valence-corrected chi connectivity index (χ4v) is 3.18. The maximum Gasteiger partial charge on any atom is 0.152 e. The minimum absolute atomic E-state index is 0.0522. The first-order valence-corrected chi connectivity index (χ1v) is 5.23. The van der Waals surface area contributed by atoms with Crippen LogP contribution in [0.1, 0.15) is 20.3 Å². The summed E-state index contributed by atoms with van der Waals surface area (Å²) in [5.41, 5.74) is -0.0522. The molecule has 3 nitrogen and oxygen atoms in total. The number of hydrogen-bond acceptors (Lipinski definition) is 3. The van der Waals surface area contributed by atoms with Crippen molar-refractivity contribution in [1.29, 1.82) is 0 Å². The Morgan fingerprint density at radius 3 is 2.93 bits per heavy atom. The van der Waals surface area contributed by atoms with Crippen LogP contribution in [0.15, 0.2) is 12.8 Å². The Kier molecular flexibility index (Phi) is 1.58. The molecule has 3 rings (SSSR count). The third-order valence-corrected chi connectivity index (χ3v) is 3.81. The van der Waals surface area contributed by atoms with Crippen molar-refractivity contribution in [3.63, 3.8) is 0 Å². The first-order valence-electron chi connectivity index (χ1n) is 5.23. The molecule has 78 valence electrons. The minimum atomic E-state index is -0.0522. The highest BCUT2D eigenvalue weighted by molar-refractivity contribution is 5.13. The standard InChI is InChI=1S/C11H16O3/c1-4-12-9-7-5-6-8(13-7)10(9)14-11(6,2)3/h4,6-10H,1,5H2,2-3H3. The molecular weight excluding hydrogens is 180 g/mol. The van der Waals surface area contributed by atoms with Crippen molar-refractivity contribution in [3.05, 3.63) is 12.8 Å². The predicted molar refractivity (Wildman–Crippen MR) is 50.8 cm³/mol. The van der Waals surface area contributed by atoms with Crippen LogP contribution in [-0.2, 0) is 14.2 Å². The molecule has 3 aliphatic rings. The summed E-state index contributed by atoms with van der Waals surface area (Å²) >= 11 is 0. The molecule has 5 atom stereocenters. The fraction of sp³-hybridized carbons (Fsp3) is 0.818. The fourth-order valence-electron chi connectivity index (χ4n) is 3.18. The predicted octanol–water partition coefficient (Wildman–Crippen LogP) is 1.48. The second-order valence-electron chi connectivity index (χ2n) is 4.93. The Bertz CT molecular complexity index is 274. The zero-order chi connectivity index (χ0) is 9.92. The molecule has 3 saturated heterocycles. The molecule has 5 unspecified atom stereocenters. The second-order valence-corrected chi connectivity index (χ2v) is 4.93. The van der Waals surface area contributed by atoms with Gasteiger partial charge in [0.25, 0.3) is 0 Å². The topological polar surface area (TPSA) is 27.7 Å². The Labute approximate surface area is 84.0 Å². The van der Waals surface area contributed by atoms with Gasteiger partial charge in [0.15, 0.2) is 6.10 Å². The van der Waals surface area contributed by atoms with Crippen LogP contribution in [0, 0.1) is 5.92 Å². The average molecular weight is 196 g/mol. The van der Waals surface area contributed by atoms with Crippen LogP contribution in [-0.4, -0.2) is 30.0 Å². The van der Waals surface area contributed by atoms with Gasteiger partial charge in [-0.25, -0.2) is 0 Å². The van der Waals surface area contributed by atoms with Gasteiger partial charge in [0, 0.05) is 5.92 Å². The summed E-state index contributed by atoms with van der Waals surface area (Å²) in [7, 11) is 0. The lowest BCUT2D eigenvalue weighted by Gasteiger charge is -2.22. The van der Waals surface area contributed by atoms with E-state index in [1.165, 1.54) is 6.26 Å². The average Bonchev–Trinajstić information content (AvgIpc) is 2.68. The summed E-state index contributed by atoms with van der Waals surface area (Å²) < 4.78 is 17.3. The summed E-state index contributed by atoms with van der Waals surface area (Å²) in [6, 6.07) is 0. The summed E-state index contributed by atoms with van der Waals surface area (Å²) in [6.07, 6.45) is 3.21. The van der Waals surface area contributed by atoms with Gasteiger partial charge in [-0.2, -0.15) is 0 Å². The first kappa shape index (κ1) is 8.74. The molecule has 14 heavy (non-hydrogen) atoms. The molecule has 0 N–H and O–H groups in total. The highest BCUT2D eigenvalue weighted by atomic mass is 16.6. The van der Waals surface area contributed by atoms with E-state index in [9.17, 15) is 0 Å². The highest BCUT2D eigenvalue weighted by Gasteiger charge is 2.65. The van der Waals surface area contributed by atoms with Crippen LogP contribution in [0.25, 0.3) is 0 Å². The van der Waals surface area contributed by atoms with E-state index >= 15 is 0 Å². The maximum absolute atomic E-state index is 5.99. The summed E-state index contributed by atoms with van der Waals surface area (Å²) in [5.74, 6) is 0.544. The van der Waals surface area contributed by atoms with Gasteiger partial charge >= 0.3 is 0 Å². The van der Waals surface area contributed by atoms with Gasteiger partial charge in [0.05, 0.1) is 24.1 Å². The van der Waals surface area contributed by atoms with Crippen LogP contribution in [0.4, 0.5) is 0 Å². The summed E-state index contributed by atoms with van der Waals surface area (Å²) in [5, 5.41) is 0. The van der Waals surface area contributed by atoms with Gasteiger partial charge < -0.3 is 14.2 Å². The van der Waals surface area contributed by atoms with E-state index in [-0.39, 0.29) is 30.0 Å². The number of ether oxygens (including phenoxy) is 3. The van der Waals surface area contributed by atoms with E-state index in [1.807, 2.05) is 0 Å². The SMILES string of the molecule is C=COC1C2CC3C(O2)C1OC3(C)C. The van der Waals surface area contributed by atoms with Crippen LogP contribution in [0.2, 0.25) is 0 Å². The van der Waals surface area contributed by atoms with Crippen molar-refractivity contribution < 1.29 is 14.2 Å². The van der Waals surface area contributed by atoms with Crippen molar-refractivity contribution in [3.8, 4) is 0 Å². The van der Waals surface area contributed by atoms with E-state index in [2.05, 4.69) is 20.4 Å². The van der Waals surface area contributed by atoms with E-state index in [0.717, 1.165) is 6.42 Å². The van der Waals surface area contributed by atoms with E-state index < -0.39 is 0 Å². The molecule has 0 aliphatic carbocycles. The Morgan fingerprint density at radius 2 is 2.21 bits per heavy atom. The summed E-state index contributed by atoms with van der Waals surface area (Å²) in [4.78, 5) is 0. The lowest BCUT2D eigenvalue weighted by atomic mass is 9.80. The van der Waals surface area contributed by atoms with Crippen LogP contribution in [0.3, 0.4) is 0 Å². The lowest BCUT2D eigenvalue weighted by molar-refractivity contribution is -0.0648. The van der Waals surface area contributed by atoms with E-state index in [1.54, 1.807) is 0 Å². The monoisotopic (exact) mass is 196 g/mol. The molecule has 0 saturated carbocycles. The normalized spacial score (nSPS) is 52.3. The van der Waals surface area contributed by atoms with E-state index in [0.29, 0.717) is 5.92 Å². The van der Waals surface area contributed by atoms with Crippen LogP contribution >= 0.6 is 0 Å². The molecule has 0 radical (unpaired) electrons. The van der Waals surface area contributed by atoms with Crippen molar-refractivity contribution in [1.82, 2.24) is 0 Å². The van der Waals surface area contributed by atoms with Crippen molar-refractivity contribution in [2.45, 2.75) is 50.3 Å². The Balaban J connectivity index is 1.89. The van der Waals surface area contributed by atoms with Gasteiger partial charge in [-0.15, -0.1) is 0 Å². The third-order valence-electron chi connectivity index (χ3n) is 3.81. The molecule has 0 amide bonds. The first-order chi connectivity index (χ1) is 6.63. The molecule has 0 aromatic rings. The van der Waals surface area contributed by atoms with Crippen LogP contribution in [0.5, 0.6) is 0 Å². The van der Waals surface area contributed by atoms with Gasteiger partial charge in [0.2, 0.25) is 0 Å². The van der Waals surface area contributed by atoms with Gasteiger partial charge in [-0.05, 0) is 20.3 Å². The molecule has 0 aromatic heterocycles. The maximum atomic E-state index is 5.99. The molecular formula is C11H16O3. The Morgan fingerprint density at radius 1 is 1.43 bits per heavy atom. The largest absolute Gasteiger partial charge is 0.493 e. The van der Waals surface area contributed by atoms with Crippen molar-refractivity contribution >= 4 is 0 Å². The molecule has 0 spiro atoms. The van der Waals surface area contributed by atoms with Gasteiger partial charge in [0.1, 0.15) is 6.10 Å². The molecule has 3 aliphatic heterocycles. The number of hydrogen-bond donors (Lipinski definition) is 0. The molecule has 3 fully saturated rings. The number of rotatable bonds is 2. The van der Waals surface area contributed by atoms with Crippen molar-refractivity contribution in [2.24, 2.45) is 5.92 Å². The van der Waals surface area contributed by atoms with Gasteiger partial charge in [-0.3, -0.25) is 0 Å². The lowest BCUT2D eigenvalue weighted by Crippen LogP contribution is -2.37. The zero-order valence-corrected chi connectivity index (χ0v) is 8.60. The van der Waals surface area contributed by atoms with Crippen molar-refractivity contribution in [2.75, 3.05) is 0 Å². The third kappa shape index (κ3) is 0.894. The number of fused-ring (bicyclic) bond motifs is 1. The Hall–Kier alpha value is -0.540. The van der Waals surface area contributed by atoms with Crippen LogP contribution < -0.4 is 0 Å². The van der Waals surface area contributed by atoms with E-state index in [4.69, 9.17) is 14.2 Å². The second kappa shape index (κ2) is 2.52. The highest BCUT2D eigenvalue weighted by Crippen LogP contribution is 2.53. The molecule has 0 aromatic carbocycles. The zero-order valence-electron chi connectivity index (χ0n) is 8.60. The molecule has 3 heterocycles. The van der Waals surface area contributed by atoms with Gasteiger partial charge in [-0.1, -0.05) is 6.58 Å². The summed E-state index contributed by atoms with van der Waals surface area (Å²) in [6.45, 7) is 7.88. The molecule has 3 heteroatoms. The quantitative estimate of drug-likeness (QED) is 0.626.